The molecule has 0 radical (unpaired) electrons. The third kappa shape index (κ3) is 4.50. The normalized spacial score (nSPS) is 11.2. The number of fused-ring (bicyclic) bond motifs is 1. The molecular formula is C22H19BrClN3O3. The molecule has 0 aliphatic heterocycles. The van der Waals surface area contributed by atoms with E-state index in [0.29, 0.717) is 38.8 Å². The Bertz CT molecular complexity index is 1230. The summed E-state index contributed by atoms with van der Waals surface area (Å²) in [5, 5.41) is 5.30. The lowest BCUT2D eigenvalue weighted by atomic mass is 10.2. The molecule has 0 bridgehead atoms. The van der Waals surface area contributed by atoms with Gasteiger partial charge in [-0.3, -0.25) is 4.79 Å². The number of aromatic nitrogens is 2. The number of halogens is 2. The van der Waals surface area contributed by atoms with E-state index >= 15 is 0 Å². The molecule has 0 aliphatic carbocycles. The molecule has 0 saturated heterocycles. The van der Waals surface area contributed by atoms with Gasteiger partial charge < -0.3 is 9.47 Å². The molecule has 2 aromatic carbocycles. The van der Waals surface area contributed by atoms with Gasteiger partial charge in [-0.05, 0) is 24.3 Å². The van der Waals surface area contributed by atoms with Gasteiger partial charge >= 0.3 is 0 Å². The third-order valence-electron chi connectivity index (χ3n) is 4.23. The largest absolute Gasteiger partial charge is 0.493 e. The molecule has 0 fully saturated rings. The van der Waals surface area contributed by atoms with Crippen molar-refractivity contribution in [3.63, 3.8) is 0 Å². The van der Waals surface area contributed by atoms with Crippen LogP contribution in [-0.4, -0.2) is 29.6 Å². The SMILES string of the molecule is C#CCOc1c(C=Nn2c(C(C)C)nc3ccc(Br)cc3c2=O)cc(Cl)cc1OC. The fourth-order valence-electron chi connectivity index (χ4n) is 2.88. The molecule has 0 spiro atoms. The quantitative estimate of drug-likeness (QED) is 0.368. The van der Waals surface area contributed by atoms with E-state index in [9.17, 15) is 4.79 Å². The summed E-state index contributed by atoms with van der Waals surface area (Å²) in [5.74, 6) is 3.72. The Morgan fingerprint density at radius 2 is 2.13 bits per heavy atom. The van der Waals surface area contributed by atoms with Gasteiger partial charge in [-0.1, -0.05) is 47.3 Å². The van der Waals surface area contributed by atoms with Gasteiger partial charge in [0.1, 0.15) is 12.4 Å². The molecule has 0 N–H and O–H groups in total. The van der Waals surface area contributed by atoms with Gasteiger partial charge in [-0.2, -0.15) is 9.78 Å². The van der Waals surface area contributed by atoms with Crippen molar-refractivity contribution >= 4 is 44.6 Å². The average Bonchev–Trinajstić information content (AvgIpc) is 2.71. The molecule has 1 heterocycles. The molecule has 6 nitrogen and oxygen atoms in total. The lowest BCUT2D eigenvalue weighted by molar-refractivity contribution is 0.330. The smallest absolute Gasteiger partial charge is 0.282 e. The number of nitrogens with zero attached hydrogens (tertiary/aromatic N) is 3. The lowest BCUT2D eigenvalue weighted by Gasteiger charge is -2.14. The molecular weight excluding hydrogens is 470 g/mol. The van der Waals surface area contributed by atoms with Crippen molar-refractivity contribution in [2.45, 2.75) is 19.8 Å². The van der Waals surface area contributed by atoms with Crippen LogP contribution in [0.1, 0.15) is 31.2 Å². The highest BCUT2D eigenvalue weighted by atomic mass is 79.9. The van der Waals surface area contributed by atoms with E-state index in [-0.39, 0.29) is 18.1 Å². The minimum atomic E-state index is -0.277. The number of benzene rings is 2. The second-order valence-electron chi connectivity index (χ2n) is 6.67. The van der Waals surface area contributed by atoms with E-state index in [1.54, 1.807) is 24.3 Å². The van der Waals surface area contributed by atoms with Gasteiger partial charge in [0.2, 0.25) is 0 Å². The number of terminal acetylenes is 1. The van der Waals surface area contributed by atoms with Crippen molar-refractivity contribution in [3.05, 3.63) is 61.6 Å². The van der Waals surface area contributed by atoms with E-state index in [2.05, 4.69) is 31.9 Å². The summed E-state index contributed by atoms with van der Waals surface area (Å²) in [6.07, 6.45) is 6.80. The van der Waals surface area contributed by atoms with Crippen LogP contribution in [-0.2, 0) is 0 Å². The predicted octanol–water partition coefficient (Wildman–Crippen LogP) is 4.84. The highest BCUT2D eigenvalue weighted by Gasteiger charge is 2.15. The van der Waals surface area contributed by atoms with Gasteiger partial charge in [0, 0.05) is 27.0 Å². The zero-order chi connectivity index (χ0) is 21.8. The Morgan fingerprint density at radius 3 is 2.80 bits per heavy atom. The van der Waals surface area contributed by atoms with Crippen LogP contribution in [0, 0.1) is 12.3 Å². The van der Waals surface area contributed by atoms with Crippen molar-refractivity contribution in [3.8, 4) is 23.8 Å². The van der Waals surface area contributed by atoms with Crippen LogP contribution in [0.5, 0.6) is 11.5 Å². The number of rotatable bonds is 6. The van der Waals surface area contributed by atoms with E-state index in [4.69, 9.17) is 27.5 Å². The predicted molar refractivity (Wildman–Crippen MR) is 123 cm³/mol. The summed E-state index contributed by atoms with van der Waals surface area (Å²) in [6.45, 7) is 3.94. The van der Waals surface area contributed by atoms with Gasteiger partial charge in [0.15, 0.2) is 11.5 Å². The van der Waals surface area contributed by atoms with Crippen LogP contribution in [0.4, 0.5) is 0 Å². The molecule has 30 heavy (non-hydrogen) atoms. The maximum absolute atomic E-state index is 13.2. The van der Waals surface area contributed by atoms with Crippen molar-refractivity contribution in [2.24, 2.45) is 5.10 Å². The molecule has 0 aliphatic rings. The molecule has 1 aromatic heterocycles. The first-order chi connectivity index (χ1) is 14.3. The summed E-state index contributed by atoms with van der Waals surface area (Å²) in [7, 11) is 1.50. The first kappa shape index (κ1) is 21.9. The van der Waals surface area contributed by atoms with Gasteiger partial charge in [-0.15, -0.1) is 6.42 Å². The Balaban J connectivity index is 2.20. The Kier molecular flexibility index (Phi) is 6.80. The minimum absolute atomic E-state index is 0.0334. The summed E-state index contributed by atoms with van der Waals surface area (Å²) in [4.78, 5) is 17.8. The molecule has 0 saturated carbocycles. The highest BCUT2D eigenvalue weighted by molar-refractivity contribution is 9.10. The summed E-state index contributed by atoms with van der Waals surface area (Å²) in [6, 6.07) is 8.65. The van der Waals surface area contributed by atoms with E-state index in [1.165, 1.54) is 18.0 Å². The third-order valence-corrected chi connectivity index (χ3v) is 4.94. The summed E-state index contributed by atoms with van der Waals surface area (Å²) < 4.78 is 13.0. The Morgan fingerprint density at radius 1 is 1.37 bits per heavy atom. The van der Waals surface area contributed by atoms with Crippen LogP contribution in [0.2, 0.25) is 5.02 Å². The van der Waals surface area contributed by atoms with E-state index in [0.717, 1.165) is 4.47 Å². The van der Waals surface area contributed by atoms with Crippen LogP contribution in [0.3, 0.4) is 0 Å². The van der Waals surface area contributed by atoms with Crippen molar-refractivity contribution in [2.75, 3.05) is 13.7 Å². The standard InChI is InChI=1S/C22H19BrClN3O3/c1-5-8-30-20-14(9-16(24)11-19(20)29-4)12-25-27-21(13(2)3)26-18-7-6-15(23)10-17(18)22(27)28/h1,6-7,9-13H,8H2,2-4H3. The van der Waals surface area contributed by atoms with Gasteiger partial charge in [0.05, 0.1) is 24.2 Å². The van der Waals surface area contributed by atoms with Crippen LogP contribution < -0.4 is 15.0 Å². The number of hydrogen-bond donors (Lipinski definition) is 0. The second kappa shape index (κ2) is 9.33. The molecule has 154 valence electrons. The molecule has 0 unspecified atom stereocenters. The summed E-state index contributed by atoms with van der Waals surface area (Å²) >= 11 is 9.60. The van der Waals surface area contributed by atoms with Crippen molar-refractivity contribution in [1.29, 1.82) is 0 Å². The first-order valence-corrected chi connectivity index (χ1v) is 10.2. The zero-order valence-corrected chi connectivity index (χ0v) is 19.0. The van der Waals surface area contributed by atoms with E-state index < -0.39 is 0 Å². The first-order valence-electron chi connectivity index (χ1n) is 9.06. The average molecular weight is 489 g/mol. The molecule has 8 heteroatoms. The van der Waals surface area contributed by atoms with Crippen molar-refractivity contribution < 1.29 is 9.47 Å². The molecule has 3 aromatic rings. The maximum atomic E-state index is 13.2. The minimum Gasteiger partial charge on any atom is -0.493 e. The van der Waals surface area contributed by atoms with Gasteiger partial charge in [0.25, 0.3) is 5.56 Å². The molecule has 0 atom stereocenters. The fraction of sp³-hybridized carbons (Fsp3) is 0.227. The Hall–Kier alpha value is -2.82. The molecule has 3 rings (SSSR count). The van der Waals surface area contributed by atoms with E-state index in [1.807, 2.05) is 19.9 Å². The fourth-order valence-corrected chi connectivity index (χ4v) is 3.45. The van der Waals surface area contributed by atoms with Crippen LogP contribution >= 0.6 is 27.5 Å². The highest BCUT2D eigenvalue weighted by Crippen LogP contribution is 2.34. The molecule has 0 amide bonds. The Labute approximate surface area is 187 Å². The zero-order valence-electron chi connectivity index (χ0n) is 16.6. The van der Waals surface area contributed by atoms with Crippen LogP contribution in [0.25, 0.3) is 10.9 Å². The number of methoxy groups -OCH3 is 1. The van der Waals surface area contributed by atoms with Gasteiger partial charge in [-0.25, -0.2) is 4.98 Å². The maximum Gasteiger partial charge on any atom is 0.282 e. The second-order valence-corrected chi connectivity index (χ2v) is 8.02. The van der Waals surface area contributed by atoms with Crippen LogP contribution in [0.15, 0.2) is 44.7 Å². The topological polar surface area (TPSA) is 65.7 Å². The number of hydrogen-bond acceptors (Lipinski definition) is 5. The number of ether oxygens (including phenoxy) is 2. The lowest BCUT2D eigenvalue weighted by Crippen LogP contribution is -2.23. The van der Waals surface area contributed by atoms with Crippen molar-refractivity contribution in [1.82, 2.24) is 9.66 Å². The monoisotopic (exact) mass is 487 g/mol. The summed E-state index contributed by atoms with van der Waals surface area (Å²) in [5.41, 5.74) is 0.854.